The lowest BCUT2D eigenvalue weighted by Crippen LogP contribution is -2.33. The second-order valence-electron chi connectivity index (χ2n) is 3.99. The van der Waals surface area contributed by atoms with E-state index in [2.05, 4.69) is 16.9 Å². The van der Waals surface area contributed by atoms with Gasteiger partial charge in [-0.25, -0.2) is 13.1 Å². The molecule has 0 saturated heterocycles. The quantitative estimate of drug-likeness (QED) is 0.454. The van der Waals surface area contributed by atoms with Crippen LogP contribution in [0.25, 0.3) is 0 Å². The number of nitrogens with one attached hydrogen (secondary N) is 1. The van der Waals surface area contributed by atoms with E-state index in [0.717, 1.165) is 12.5 Å². The third-order valence-electron chi connectivity index (χ3n) is 2.17. The molecule has 7 heteroatoms. The van der Waals surface area contributed by atoms with Gasteiger partial charge in [-0.15, -0.1) is 0 Å². The summed E-state index contributed by atoms with van der Waals surface area (Å²) in [6.07, 6.45) is 3.20. The first-order valence-corrected chi connectivity index (χ1v) is 7.39. The van der Waals surface area contributed by atoms with Crippen LogP contribution in [-0.2, 0) is 14.8 Å². The third-order valence-corrected chi connectivity index (χ3v) is 3.83. The summed E-state index contributed by atoms with van der Waals surface area (Å²) in [4.78, 5) is -0.0162. The van der Waals surface area contributed by atoms with Crippen LogP contribution in [0.1, 0.15) is 19.3 Å². The minimum atomic E-state index is -3.34. The summed E-state index contributed by atoms with van der Waals surface area (Å²) in [6.45, 7) is 1.77. The zero-order valence-electron chi connectivity index (χ0n) is 9.15. The number of nitrogens with two attached hydrogens (primary N) is 1. The van der Waals surface area contributed by atoms with Gasteiger partial charge in [0.2, 0.25) is 10.0 Å². The molecule has 1 aliphatic carbocycles. The van der Waals surface area contributed by atoms with Crippen LogP contribution in [-0.4, -0.2) is 38.9 Å². The molecule has 0 aromatic heterocycles. The average molecular weight is 266 g/mol. The molecular weight excluding hydrogens is 248 g/mol. The van der Waals surface area contributed by atoms with Crippen molar-refractivity contribution in [3.8, 4) is 0 Å². The molecule has 0 unspecified atom stereocenters. The smallest absolute Gasteiger partial charge is 0.218 e. The molecule has 0 radical (unpaired) electrons. The Morgan fingerprint density at radius 3 is 2.75 bits per heavy atom. The van der Waals surface area contributed by atoms with Gasteiger partial charge in [-0.3, -0.25) is 0 Å². The van der Waals surface area contributed by atoms with E-state index in [9.17, 15) is 8.42 Å². The van der Waals surface area contributed by atoms with E-state index in [0.29, 0.717) is 19.6 Å². The fourth-order valence-electron chi connectivity index (χ4n) is 1.17. The van der Waals surface area contributed by atoms with Gasteiger partial charge in [0.15, 0.2) is 0 Å². The molecule has 1 fully saturated rings. The maximum absolute atomic E-state index is 11.3. The van der Waals surface area contributed by atoms with E-state index in [1.807, 2.05) is 0 Å². The second kappa shape index (κ2) is 6.48. The van der Waals surface area contributed by atoms with Gasteiger partial charge in [0, 0.05) is 19.8 Å². The highest BCUT2D eigenvalue weighted by molar-refractivity contribution is 7.92. The van der Waals surface area contributed by atoms with Gasteiger partial charge in [0.05, 0.1) is 4.99 Å². The van der Waals surface area contributed by atoms with Crippen LogP contribution in [0.15, 0.2) is 0 Å². The van der Waals surface area contributed by atoms with E-state index < -0.39 is 10.0 Å². The summed E-state index contributed by atoms with van der Waals surface area (Å²) in [5.74, 6) is 0.456. The molecule has 0 spiro atoms. The van der Waals surface area contributed by atoms with Crippen molar-refractivity contribution in [3.05, 3.63) is 0 Å². The van der Waals surface area contributed by atoms with Crippen molar-refractivity contribution in [2.45, 2.75) is 19.3 Å². The van der Waals surface area contributed by atoms with Crippen LogP contribution in [0.4, 0.5) is 0 Å². The van der Waals surface area contributed by atoms with Crippen molar-refractivity contribution in [2.75, 3.05) is 25.5 Å². The normalized spacial score (nSPS) is 16.2. The summed E-state index contributed by atoms with van der Waals surface area (Å²) in [6, 6.07) is 0. The summed E-state index contributed by atoms with van der Waals surface area (Å²) < 4.78 is 30.3. The standard InChI is InChI=1S/C9H18N2O3S2/c10-9(15)7-16(12,13)11-4-1-5-14-6-8-2-3-8/h8,11H,1-7H2,(H2,10,15). The molecule has 0 aromatic rings. The molecule has 5 nitrogen and oxygen atoms in total. The summed E-state index contributed by atoms with van der Waals surface area (Å²) in [5, 5.41) is 0. The SMILES string of the molecule is NC(=S)CS(=O)(=O)NCCCOCC1CC1. The number of sulfonamides is 1. The zero-order chi connectivity index (χ0) is 12.0. The number of hydrogen-bond acceptors (Lipinski definition) is 4. The van der Waals surface area contributed by atoms with Crippen molar-refractivity contribution in [2.24, 2.45) is 11.7 Å². The Labute approximate surface area is 102 Å². The first kappa shape index (κ1) is 13.8. The Balaban J connectivity index is 1.98. The number of hydrogen-bond donors (Lipinski definition) is 2. The van der Waals surface area contributed by atoms with E-state index in [4.69, 9.17) is 10.5 Å². The van der Waals surface area contributed by atoms with Crippen molar-refractivity contribution in [1.82, 2.24) is 4.72 Å². The predicted molar refractivity (Wildman–Crippen MR) is 66.7 cm³/mol. The van der Waals surface area contributed by atoms with Crippen LogP contribution in [0.2, 0.25) is 0 Å². The maximum Gasteiger partial charge on any atom is 0.218 e. The Morgan fingerprint density at radius 1 is 1.50 bits per heavy atom. The molecule has 1 aliphatic rings. The summed E-state index contributed by atoms with van der Waals surface area (Å²) >= 11 is 4.53. The minimum absolute atomic E-state index is 0.0162. The molecule has 94 valence electrons. The van der Waals surface area contributed by atoms with E-state index in [1.54, 1.807) is 0 Å². The van der Waals surface area contributed by atoms with Gasteiger partial charge in [-0.1, -0.05) is 12.2 Å². The van der Waals surface area contributed by atoms with Gasteiger partial charge in [0.25, 0.3) is 0 Å². The molecule has 16 heavy (non-hydrogen) atoms. The van der Waals surface area contributed by atoms with Crippen molar-refractivity contribution >= 4 is 27.2 Å². The van der Waals surface area contributed by atoms with Gasteiger partial charge >= 0.3 is 0 Å². The van der Waals surface area contributed by atoms with Gasteiger partial charge in [-0.2, -0.15) is 0 Å². The lowest BCUT2D eigenvalue weighted by Gasteiger charge is -2.06. The number of ether oxygens (including phenoxy) is 1. The summed E-state index contributed by atoms with van der Waals surface area (Å²) in [7, 11) is -3.34. The molecule has 3 N–H and O–H groups in total. The predicted octanol–water partition coefficient (Wildman–Crippen LogP) is 0.00860. The lowest BCUT2D eigenvalue weighted by atomic mass is 10.4. The van der Waals surface area contributed by atoms with Crippen LogP contribution < -0.4 is 10.5 Å². The largest absolute Gasteiger partial charge is 0.392 e. The first-order valence-electron chi connectivity index (χ1n) is 5.33. The van der Waals surface area contributed by atoms with E-state index in [1.165, 1.54) is 12.8 Å². The van der Waals surface area contributed by atoms with Crippen molar-refractivity contribution < 1.29 is 13.2 Å². The number of rotatable bonds is 9. The monoisotopic (exact) mass is 266 g/mol. The summed E-state index contributed by atoms with van der Waals surface area (Å²) in [5.41, 5.74) is 5.16. The molecule has 0 amide bonds. The second-order valence-corrected chi connectivity index (χ2v) is 6.32. The highest BCUT2D eigenvalue weighted by Crippen LogP contribution is 2.28. The molecule has 0 atom stereocenters. The highest BCUT2D eigenvalue weighted by atomic mass is 32.2. The highest BCUT2D eigenvalue weighted by Gasteiger charge is 2.20. The fraction of sp³-hybridized carbons (Fsp3) is 0.889. The van der Waals surface area contributed by atoms with Crippen LogP contribution in [0, 0.1) is 5.92 Å². The molecular formula is C9H18N2O3S2. The molecule has 0 aliphatic heterocycles. The van der Waals surface area contributed by atoms with Crippen LogP contribution in [0.3, 0.4) is 0 Å². The average Bonchev–Trinajstić information content (AvgIpc) is 2.92. The molecule has 1 rings (SSSR count). The molecule has 0 heterocycles. The van der Waals surface area contributed by atoms with E-state index in [-0.39, 0.29) is 10.7 Å². The van der Waals surface area contributed by atoms with Crippen LogP contribution in [0.5, 0.6) is 0 Å². The third kappa shape index (κ3) is 7.10. The molecule has 0 bridgehead atoms. The van der Waals surface area contributed by atoms with Gasteiger partial charge in [0.1, 0.15) is 5.75 Å². The fourth-order valence-corrected chi connectivity index (χ4v) is 2.57. The van der Waals surface area contributed by atoms with Crippen molar-refractivity contribution in [1.29, 1.82) is 0 Å². The maximum atomic E-state index is 11.3. The van der Waals surface area contributed by atoms with Gasteiger partial charge in [-0.05, 0) is 25.2 Å². The van der Waals surface area contributed by atoms with Crippen molar-refractivity contribution in [3.63, 3.8) is 0 Å². The Kier molecular flexibility index (Phi) is 5.60. The minimum Gasteiger partial charge on any atom is -0.392 e. The molecule has 1 saturated carbocycles. The topological polar surface area (TPSA) is 81.4 Å². The Bertz CT molecular complexity index is 326. The molecule has 0 aromatic carbocycles. The lowest BCUT2D eigenvalue weighted by molar-refractivity contribution is 0.123. The first-order chi connectivity index (χ1) is 7.49. The Hall–Kier alpha value is -0.240. The Morgan fingerprint density at radius 2 is 2.19 bits per heavy atom. The number of thiocarbonyl (C=S) groups is 1. The van der Waals surface area contributed by atoms with Crippen LogP contribution >= 0.6 is 12.2 Å². The van der Waals surface area contributed by atoms with E-state index >= 15 is 0 Å². The van der Waals surface area contributed by atoms with Gasteiger partial charge < -0.3 is 10.5 Å². The zero-order valence-corrected chi connectivity index (χ0v) is 10.8.